The fourth-order valence-corrected chi connectivity index (χ4v) is 2.01. The number of nitrogens with zero attached hydrogens (tertiary/aromatic N) is 1. The summed E-state index contributed by atoms with van der Waals surface area (Å²) >= 11 is 0. The van der Waals surface area contributed by atoms with E-state index in [0.29, 0.717) is 12.6 Å². The van der Waals surface area contributed by atoms with E-state index in [1.807, 2.05) is 0 Å². The molecule has 94 valence electrons. The molecule has 0 saturated carbocycles. The van der Waals surface area contributed by atoms with Gasteiger partial charge in [-0.15, -0.1) is 0 Å². The molecule has 0 atom stereocenters. The van der Waals surface area contributed by atoms with Crippen molar-refractivity contribution in [1.29, 1.82) is 0 Å². The summed E-state index contributed by atoms with van der Waals surface area (Å²) in [5.41, 5.74) is 3.20. The third kappa shape index (κ3) is 4.94. The van der Waals surface area contributed by atoms with Crippen LogP contribution in [0.2, 0.25) is 0 Å². The topological polar surface area (TPSA) is 44.4 Å². The number of hydrogen-bond donors (Lipinski definition) is 2. The molecule has 0 radical (unpaired) electrons. The number of amides is 1. The van der Waals surface area contributed by atoms with E-state index in [2.05, 4.69) is 29.6 Å². The van der Waals surface area contributed by atoms with E-state index < -0.39 is 0 Å². The fourth-order valence-electron chi connectivity index (χ4n) is 2.01. The van der Waals surface area contributed by atoms with Gasteiger partial charge in [0.25, 0.3) is 0 Å². The summed E-state index contributed by atoms with van der Waals surface area (Å²) in [6, 6.07) is 0.329. The molecule has 4 heteroatoms. The molecule has 0 aromatic heterocycles. The molecular weight excluding hydrogens is 202 g/mol. The van der Waals surface area contributed by atoms with Gasteiger partial charge in [-0.2, -0.15) is 0 Å². The lowest BCUT2D eigenvalue weighted by Gasteiger charge is -2.27. The lowest BCUT2D eigenvalue weighted by Crippen LogP contribution is -2.48. The van der Waals surface area contributed by atoms with Crippen LogP contribution in [0.25, 0.3) is 0 Å². The average Bonchev–Trinajstić information content (AvgIpc) is 2.34. The van der Waals surface area contributed by atoms with Gasteiger partial charge in [0.15, 0.2) is 0 Å². The van der Waals surface area contributed by atoms with Crippen LogP contribution in [0.1, 0.15) is 46.0 Å². The van der Waals surface area contributed by atoms with Crippen LogP contribution in [0.5, 0.6) is 0 Å². The van der Waals surface area contributed by atoms with E-state index in [-0.39, 0.29) is 5.91 Å². The Bertz CT molecular complexity index is 198. The van der Waals surface area contributed by atoms with Crippen molar-refractivity contribution in [2.75, 3.05) is 19.6 Å². The maximum absolute atomic E-state index is 11.6. The van der Waals surface area contributed by atoms with Crippen molar-refractivity contribution in [3.63, 3.8) is 0 Å². The molecule has 1 aliphatic rings. The monoisotopic (exact) mass is 227 g/mol. The van der Waals surface area contributed by atoms with Gasteiger partial charge in [-0.25, -0.2) is 10.4 Å². The number of carbonyl (C=O) groups is 1. The molecule has 4 nitrogen and oxygen atoms in total. The molecule has 2 N–H and O–H groups in total. The second-order valence-corrected chi connectivity index (χ2v) is 4.46. The first kappa shape index (κ1) is 13.5. The zero-order valence-electron chi connectivity index (χ0n) is 10.6. The Hall–Kier alpha value is -0.610. The molecule has 0 aromatic carbocycles. The lowest BCUT2D eigenvalue weighted by molar-refractivity contribution is -0.122. The van der Waals surface area contributed by atoms with Crippen molar-refractivity contribution in [2.45, 2.75) is 52.0 Å². The summed E-state index contributed by atoms with van der Waals surface area (Å²) in [4.78, 5) is 11.6. The standard InChI is InChI=1S/C12H25N3O/c1-3-11(4-2)14-12(16)10-13-15-8-6-5-7-9-15/h11,13H,3-10H2,1-2H3,(H,14,16). The van der Waals surface area contributed by atoms with Crippen molar-refractivity contribution >= 4 is 5.91 Å². The summed E-state index contributed by atoms with van der Waals surface area (Å²) in [7, 11) is 0. The SMILES string of the molecule is CCC(CC)NC(=O)CNN1CCCCC1. The lowest BCUT2D eigenvalue weighted by atomic mass is 10.2. The maximum atomic E-state index is 11.6. The molecule has 1 aliphatic heterocycles. The van der Waals surface area contributed by atoms with Crippen LogP contribution in [0.3, 0.4) is 0 Å². The number of nitrogens with one attached hydrogen (secondary N) is 2. The zero-order valence-corrected chi connectivity index (χ0v) is 10.6. The molecule has 1 saturated heterocycles. The van der Waals surface area contributed by atoms with Crippen molar-refractivity contribution in [2.24, 2.45) is 0 Å². The van der Waals surface area contributed by atoms with E-state index in [9.17, 15) is 4.79 Å². The Morgan fingerprint density at radius 1 is 1.19 bits per heavy atom. The van der Waals surface area contributed by atoms with Crippen molar-refractivity contribution < 1.29 is 4.79 Å². The van der Waals surface area contributed by atoms with E-state index in [0.717, 1.165) is 25.9 Å². The fraction of sp³-hybridized carbons (Fsp3) is 0.917. The van der Waals surface area contributed by atoms with E-state index in [4.69, 9.17) is 0 Å². The molecule has 1 heterocycles. The second-order valence-electron chi connectivity index (χ2n) is 4.46. The summed E-state index contributed by atoms with van der Waals surface area (Å²) in [5, 5.41) is 5.19. The van der Waals surface area contributed by atoms with Gasteiger partial charge in [0, 0.05) is 19.1 Å². The highest BCUT2D eigenvalue weighted by atomic mass is 16.2. The highest BCUT2D eigenvalue weighted by molar-refractivity contribution is 5.78. The van der Waals surface area contributed by atoms with Crippen LogP contribution in [0, 0.1) is 0 Å². The van der Waals surface area contributed by atoms with E-state index in [1.165, 1.54) is 19.3 Å². The van der Waals surface area contributed by atoms with Gasteiger partial charge in [0.2, 0.25) is 5.91 Å². The first-order chi connectivity index (χ1) is 7.76. The summed E-state index contributed by atoms with van der Waals surface area (Å²) in [6.07, 6.45) is 5.80. The number of carbonyl (C=O) groups excluding carboxylic acids is 1. The summed E-state index contributed by atoms with van der Waals surface area (Å²) < 4.78 is 0. The number of hydrazine groups is 1. The molecule has 0 bridgehead atoms. The zero-order chi connectivity index (χ0) is 11.8. The molecule has 0 unspecified atom stereocenters. The van der Waals surface area contributed by atoms with Gasteiger partial charge in [-0.05, 0) is 25.7 Å². The largest absolute Gasteiger partial charge is 0.352 e. The van der Waals surface area contributed by atoms with Gasteiger partial charge in [-0.1, -0.05) is 20.3 Å². The van der Waals surface area contributed by atoms with Crippen molar-refractivity contribution in [1.82, 2.24) is 15.8 Å². The quantitative estimate of drug-likeness (QED) is 0.718. The van der Waals surface area contributed by atoms with E-state index in [1.54, 1.807) is 0 Å². The highest BCUT2D eigenvalue weighted by Gasteiger charge is 2.12. The Balaban J connectivity index is 2.13. The predicted molar refractivity (Wildman–Crippen MR) is 65.9 cm³/mol. The van der Waals surface area contributed by atoms with Gasteiger partial charge in [0.1, 0.15) is 0 Å². The van der Waals surface area contributed by atoms with Gasteiger partial charge in [0.05, 0.1) is 6.54 Å². The highest BCUT2D eigenvalue weighted by Crippen LogP contribution is 2.05. The first-order valence-corrected chi connectivity index (χ1v) is 6.54. The molecule has 1 amide bonds. The summed E-state index contributed by atoms with van der Waals surface area (Å²) in [6.45, 7) is 6.76. The predicted octanol–water partition coefficient (Wildman–Crippen LogP) is 1.28. The minimum absolute atomic E-state index is 0.110. The van der Waals surface area contributed by atoms with Gasteiger partial charge >= 0.3 is 0 Å². The third-order valence-electron chi connectivity index (χ3n) is 3.17. The summed E-state index contributed by atoms with van der Waals surface area (Å²) in [5.74, 6) is 0.110. The minimum Gasteiger partial charge on any atom is -0.352 e. The number of piperidine rings is 1. The van der Waals surface area contributed by atoms with Crippen LogP contribution in [-0.2, 0) is 4.79 Å². The molecule has 0 aromatic rings. The Morgan fingerprint density at radius 3 is 2.38 bits per heavy atom. The smallest absolute Gasteiger partial charge is 0.235 e. The van der Waals surface area contributed by atoms with Crippen LogP contribution < -0.4 is 10.7 Å². The Kier molecular flexibility index (Phi) is 6.42. The minimum atomic E-state index is 0.110. The average molecular weight is 227 g/mol. The molecule has 1 fully saturated rings. The maximum Gasteiger partial charge on any atom is 0.235 e. The molecule has 0 aliphatic carbocycles. The van der Waals surface area contributed by atoms with Crippen molar-refractivity contribution in [3.05, 3.63) is 0 Å². The first-order valence-electron chi connectivity index (χ1n) is 6.54. The van der Waals surface area contributed by atoms with Crippen LogP contribution in [0.15, 0.2) is 0 Å². The van der Waals surface area contributed by atoms with Gasteiger partial charge in [-0.3, -0.25) is 4.79 Å². The number of rotatable bonds is 6. The van der Waals surface area contributed by atoms with Crippen LogP contribution in [-0.4, -0.2) is 36.6 Å². The van der Waals surface area contributed by atoms with Gasteiger partial charge < -0.3 is 5.32 Å². The third-order valence-corrected chi connectivity index (χ3v) is 3.17. The molecule has 16 heavy (non-hydrogen) atoms. The van der Waals surface area contributed by atoms with Crippen LogP contribution >= 0.6 is 0 Å². The molecule has 1 rings (SSSR count). The van der Waals surface area contributed by atoms with Crippen molar-refractivity contribution in [3.8, 4) is 0 Å². The van der Waals surface area contributed by atoms with Crippen LogP contribution in [0.4, 0.5) is 0 Å². The second kappa shape index (κ2) is 7.63. The Labute approximate surface area is 98.7 Å². The molecular formula is C12H25N3O. The number of hydrogen-bond acceptors (Lipinski definition) is 3. The normalized spacial score (nSPS) is 17.7. The Morgan fingerprint density at radius 2 is 1.81 bits per heavy atom. The molecule has 0 spiro atoms. The van der Waals surface area contributed by atoms with E-state index >= 15 is 0 Å².